The fourth-order valence-corrected chi connectivity index (χ4v) is 1.69. The van der Waals surface area contributed by atoms with Crippen LogP contribution < -0.4 is 5.32 Å². The molecule has 0 bridgehead atoms. The molecule has 1 amide bonds. The van der Waals surface area contributed by atoms with Gasteiger partial charge in [-0.25, -0.2) is 9.40 Å². The second-order valence-corrected chi connectivity index (χ2v) is 3.71. The third kappa shape index (κ3) is 2.02. The maximum Gasteiger partial charge on any atom is 0.269 e. The zero-order valence-electron chi connectivity index (χ0n) is 8.78. The fourth-order valence-electron chi connectivity index (χ4n) is 1.69. The Bertz CT molecular complexity index is 375. The van der Waals surface area contributed by atoms with Crippen molar-refractivity contribution in [1.82, 2.24) is 10.3 Å². The van der Waals surface area contributed by atoms with Crippen molar-refractivity contribution in [2.24, 2.45) is 5.10 Å². The fraction of sp³-hybridized carbons (Fsp3) is 0.556. The van der Waals surface area contributed by atoms with Crippen LogP contribution >= 0.6 is 0 Å². The summed E-state index contributed by atoms with van der Waals surface area (Å²) in [4.78, 5) is 10.9. The van der Waals surface area contributed by atoms with Gasteiger partial charge in [0.05, 0.1) is 6.61 Å². The molecular formula is C9H12FN3O4. The lowest BCUT2D eigenvalue weighted by molar-refractivity contribution is -0.117. The molecule has 2 aliphatic heterocycles. The van der Waals surface area contributed by atoms with Gasteiger partial charge in [0.1, 0.15) is 24.2 Å². The molecule has 8 heteroatoms. The summed E-state index contributed by atoms with van der Waals surface area (Å²) in [6, 6.07) is 0. The maximum atomic E-state index is 13.7. The molecule has 0 radical (unpaired) electrons. The number of nitrogens with zero attached hydrogens (tertiary/aromatic N) is 2. The van der Waals surface area contributed by atoms with Gasteiger partial charge in [0.15, 0.2) is 12.4 Å². The van der Waals surface area contributed by atoms with E-state index >= 15 is 0 Å². The van der Waals surface area contributed by atoms with Gasteiger partial charge in [-0.15, -0.1) is 0 Å². The van der Waals surface area contributed by atoms with Crippen molar-refractivity contribution in [3.05, 3.63) is 12.4 Å². The number of nitrogens with one attached hydrogen (secondary N) is 1. The van der Waals surface area contributed by atoms with Crippen LogP contribution in [0.2, 0.25) is 0 Å². The highest BCUT2D eigenvalue weighted by Gasteiger charge is 2.47. The molecule has 0 aliphatic carbocycles. The molecular weight excluding hydrogens is 233 g/mol. The molecule has 2 heterocycles. The number of alkyl halides is 1. The van der Waals surface area contributed by atoms with Crippen molar-refractivity contribution in [2.75, 3.05) is 6.61 Å². The highest BCUT2D eigenvalue weighted by molar-refractivity contribution is 6.27. The number of carbonyl (C=O) groups is 1. The van der Waals surface area contributed by atoms with Crippen molar-refractivity contribution in [3.8, 4) is 0 Å². The number of hydrazone groups is 1. The summed E-state index contributed by atoms with van der Waals surface area (Å²) in [6.07, 6.45) is -4.48. The number of halogens is 1. The van der Waals surface area contributed by atoms with Crippen LogP contribution in [0, 0.1) is 0 Å². The Hall–Kier alpha value is -1.51. The summed E-state index contributed by atoms with van der Waals surface area (Å²) in [5, 5.41) is 25.3. The second-order valence-electron chi connectivity index (χ2n) is 3.71. The summed E-state index contributed by atoms with van der Waals surface area (Å²) < 4.78 is 18.8. The number of aliphatic hydroxyl groups excluding tert-OH is 2. The van der Waals surface area contributed by atoms with Gasteiger partial charge < -0.3 is 20.3 Å². The van der Waals surface area contributed by atoms with Crippen LogP contribution in [0.3, 0.4) is 0 Å². The zero-order valence-corrected chi connectivity index (χ0v) is 8.78. The molecule has 1 unspecified atom stereocenters. The van der Waals surface area contributed by atoms with Gasteiger partial charge in [-0.2, -0.15) is 5.10 Å². The first-order chi connectivity index (χ1) is 8.04. The summed E-state index contributed by atoms with van der Waals surface area (Å²) in [5.41, 5.74) is 0. The van der Waals surface area contributed by atoms with Crippen LogP contribution in [-0.2, 0) is 9.53 Å². The molecule has 0 aromatic rings. The van der Waals surface area contributed by atoms with Crippen molar-refractivity contribution >= 4 is 12.1 Å². The van der Waals surface area contributed by atoms with Crippen LogP contribution in [0.5, 0.6) is 0 Å². The molecule has 2 aliphatic rings. The number of amides is 1. The van der Waals surface area contributed by atoms with E-state index in [4.69, 9.17) is 9.84 Å². The minimum Gasteiger partial charge on any atom is -0.394 e. The third-order valence-electron chi connectivity index (χ3n) is 2.56. The molecule has 3 N–H and O–H groups in total. The first-order valence-corrected chi connectivity index (χ1v) is 4.96. The Labute approximate surface area is 96.2 Å². The minimum absolute atomic E-state index is 0.0518. The van der Waals surface area contributed by atoms with Crippen molar-refractivity contribution in [3.63, 3.8) is 0 Å². The average molecular weight is 245 g/mol. The van der Waals surface area contributed by atoms with Gasteiger partial charge in [-0.1, -0.05) is 6.58 Å². The monoisotopic (exact) mass is 245 g/mol. The normalized spacial score (nSPS) is 37.5. The van der Waals surface area contributed by atoms with Gasteiger partial charge in [0, 0.05) is 0 Å². The lowest BCUT2D eigenvalue weighted by Gasteiger charge is -2.30. The second kappa shape index (κ2) is 4.40. The van der Waals surface area contributed by atoms with Crippen LogP contribution in [-0.4, -0.2) is 58.6 Å². The van der Waals surface area contributed by atoms with Crippen LogP contribution in [0.25, 0.3) is 0 Å². The molecule has 94 valence electrons. The van der Waals surface area contributed by atoms with Gasteiger partial charge in [-0.05, 0) is 0 Å². The number of aliphatic hydroxyl groups is 2. The molecule has 1 fully saturated rings. The predicted octanol–water partition coefficient (Wildman–Crippen LogP) is -1.71. The quantitative estimate of drug-likeness (QED) is 0.538. The number of hydrogen-bond donors (Lipinski definition) is 3. The smallest absolute Gasteiger partial charge is 0.269 e. The molecule has 4 atom stereocenters. The molecule has 2 rings (SSSR count). The Balaban J connectivity index is 2.16. The SMILES string of the molecule is C=C1NC(=O)C=NN1[C@@H]1O[C@H](CO)[C@H](O)C1F. The van der Waals surface area contributed by atoms with Crippen LogP contribution in [0.1, 0.15) is 0 Å². The Kier molecular flexibility index (Phi) is 3.09. The Morgan fingerprint density at radius 1 is 1.71 bits per heavy atom. The van der Waals surface area contributed by atoms with E-state index in [1.54, 1.807) is 0 Å². The molecule has 0 aromatic carbocycles. The van der Waals surface area contributed by atoms with Gasteiger partial charge >= 0.3 is 0 Å². The van der Waals surface area contributed by atoms with Gasteiger partial charge in [0.2, 0.25) is 0 Å². The Morgan fingerprint density at radius 2 is 2.41 bits per heavy atom. The summed E-state index contributed by atoms with van der Waals surface area (Å²) >= 11 is 0. The topological polar surface area (TPSA) is 94.4 Å². The first kappa shape index (κ1) is 12.0. The molecule has 0 spiro atoms. The number of rotatable bonds is 2. The van der Waals surface area contributed by atoms with E-state index in [0.717, 1.165) is 11.2 Å². The maximum absolute atomic E-state index is 13.7. The molecule has 1 saturated heterocycles. The Morgan fingerprint density at radius 3 is 2.94 bits per heavy atom. The third-order valence-corrected chi connectivity index (χ3v) is 2.56. The number of hydrogen-bond acceptors (Lipinski definition) is 6. The highest BCUT2D eigenvalue weighted by Crippen LogP contribution is 2.28. The number of carbonyl (C=O) groups excluding carboxylic acids is 1. The summed E-state index contributed by atoms with van der Waals surface area (Å²) in [5.74, 6) is -0.421. The minimum atomic E-state index is -1.75. The van der Waals surface area contributed by atoms with E-state index in [9.17, 15) is 14.3 Å². The number of ether oxygens (including phenoxy) is 1. The van der Waals surface area contributed by atoms with E-state index < -0.39 is 37.1 Å². The van der Waals surface area contributed by atoms with Gasteiger partial charge in [0.25, 0.3) is 5.91 Å². The van der Waals surface area contributed by atoms with E-state index in [1.807, 2.05) is 0 Å². The lowest BCUT2D eigenvalue weighted by Crippen LogP contribution is -2.46. The van der Waals surface area contributed by atoms with Crippen LogP contribution in [0.15, 0.2) is 17.5 Å². The lowest BCUT2D eigenvalue weighted by atomic mass is 10.1. The summed E-state index contributed by atoms with van der Waals surface area (Å²) in [6.45, 7) is 2.98. The van der Waals surface area contributed by atoms with Crippen molar-refractivity contribution < 1.29 is 24.1 Å². The molecule has 7 nitrogen and oxygen atoms in total. The van der Waals surface area contributed by atoms with Crippen LogP contribution in [0.4, 0.5) is 4.39 Å². The van der Waals surface area contributed by atoms with E-state index in [2.05, 4.69) is 17.0 Å². The molecule has 0 aromatic heterocycles. The van der Waals surface area contributed by atoms with Crippen molar-refractivity contribution in [1.29, 1.82) is 0 Å². The van der Waals surface area contributed by atoms with E-state index in [0.29, 0.717) is 0 Å². The van der Waals surface area contributed by atoms with E-state index in [-0.39, 0.29) is 5.82 Å². The molecule has 0 saturated carbocycles. The standard InChI is InChI=1S/C9H12FN3O4/c1-4-12-6(15)2-11-13(4)9-7(10)8(16)5(3-14)17-9/h2,5,7-9,14,16H,1,3H2,(H,12,15)/t5-,7?,8+,9-/m1/s1. The molecule has 17 heavy (non-hydrogen) atoms. The first-order valence-electron chi connectivity index (χ1n) is 4.96. The average Bonchev–Trinajstić information content (AvgIpc) is 2.57. The van der Waals surface area contributed by atoms with E-state index in [1.165, 1.54) is 0 Å². The van der Waals surface area contributed by atoms with Gasteiger partial charge in [-0.3, -0.25) is 4.79 Å². The van der Waals surface area contributed by atoms with Crippen molar-refractivity contribution in [2.45, 2.75) is 24.6 Å². The predicted molar refractivity (Wildman–Crippen MR) is 54.3 cm³/mol. The summed E-state index contributed by atoms with van der Waals surface area (Å²) in [7, 11) is 0. The zero-order chi connectivity index (χ0) is 12.6. The largest absolute Gasteiger partial charge is 0.394 e. The highest BCUT2D eigenvalue weighted by atomic mass is 19.1.